The molecule has 0 bridgehead atoms. The van der Waals surface area contributed by atoms with Crippen LogP contribution in [0.25, 0.3) is 0 Å². The van der Waals surface area contributed by atoms with Gasteiger partial charge < -0.3 is 34.9 Å². The first-order valence-corrected chi connectivity index (χ1v) is 23.2. The predicted molar refractivity (Wildman–Crippen MR) is 233 cm³/mol. The highest BCUT2D eigenvalue weighted by Crippen LogP contribution is 2.39. The number of hydrogen-bond acceptors (Lipinski definition) is 13. The number of unbranched alkanes of at least 4 members (excludes halogenated alkanes) is 2. The molecule has 61 heavy (non-hydrogen) atoms. The molecule has 16 nitrogen and oxygen atoms in total. The molecule has 1 atom stereocenters. The molecule has 1 unspecified atom stereocenters. The van der Waals surface area contributed by atoms with Crippen LogP contribution in [-0.4, -0.2) is 96.6 Å². The number of anilines is 5. The number of amides is 5. The number of imide groups is 2. The van der Waals surface area contributed by atoms with Gasteiger partial charge in [-0.15, -0.1) is 0 Å². The number of rotatable bonds is 16. The maximum atomic E-state index is 13.3. The Morgan fingerprint density at radius 2 is 1.70 bits per heavy atom. The van der Waals surface area contributed by atoms with Gasteiger partial charge in [-0.2, -0.15) is 4.98 Å². The molecule has 0 radical (unpaired) electrons. The average Bonchev–Trinajstić information content (AvgIpc) is 3.49. The monoisotopic (exact) mass is 870 g/mol. The van der Waals surface area contributed by atoms with Crippen LogP contribution in [0.3, 0.4) is 0 Å². The van der Waals surface area contributed by atoms with Gasteiger partial charge in [-0.1, -0.05) is 29.8 Å². The van der Waals surface area contributed by atoms with E-state index in [4.69, 9.17) is 21.1 Å². The molecular weight excluding hydrogens is 823 g/mol. The van der Waals surface area contributed by atoms with E-state index in [1.807, 2.05) is 42.5 Å². The predicted octanol–water partition coefficient (Wildman–Crippen LogP) is 6.00. The summed E-state index contributed by atoms with van der Waals surface area (Å²) in [7, 11) is -0.973. The zero-order valence-electron chi connectivity index (χ0n) is 34.2. The van der Waals surface area contributed by atoms with Crippen molar-refractivity contribution in [3.8, 4) is 11.5 Å². The highest BCUT2D eigenvalue weighted by atomic mass is 35.5. The second-order valence-corrected chi connectivity index (χ2v) is 19.1. The molecule has 3 aromatic carbocycles. The van der Waals surface area contributed by atoms with Crippen molar-refractivity contribution < 1.29 is 38.0 Å². The third kappa shape index (κ3) is 9.98. The Morgan fingerprint density at radius 1 is 0.918 bits per heavy atom. The number of ether oxygens (including phenoxy) is 2. The number of hydrogen-bond donors (Lipinski definition) is 4. The summed E-state index contributed by atoms with van der Waals surface area (Å²) >= 11 is 6.45. The van der Waals surface area contributed by atoms with Gasteiger partial charge in [0.25, 0.3) is 11.8 Å². The summed E-state index contributed by atoms with van der Waals surface area (Å²) in [6.07, 6.45) is 5.59. The number of fused-ring (bicyclic) bond motifs is 1. The summed E-state index contributed by atoms with van der Waals surface area (Å²) in [5, 5.41) is 12.8. The fraction of sp³-hybridized carbons (Fsp3) is 0.372. The largest absolute Gasteiger partial charge is 0.494 e. The van der Waals surface area contributed by atoms with Crippen LogP contribution < -0.4 is 40.9 Å². The van der Waals surface area contributed by atoms with Crippen LogP contribution in [0.1, 0.15) is 72.1 Å². The van der Waals surface area contributed by atoms with E-state index in [2.05, 4.69) is 36.1 Å². The Balaban J connectivity index is 0.840. The molecule has 5 amide bonds. The Labute approximate surface area is 358 Å². The van der Waals surface area contributed by atoms with Crippen molar-refractivity contribution in [1.82, 2.24) is 25.5 Å². The summed E-state index contributed by atoms with van der Waals surface area (Å²) in [6.45, 7) is 5.21. The maximum Gasteiger partial charge on any atom is 0.266 e. The van der Waals surface area contributed by atoms with Gasteiger partial charge in [0.15, 0.2) is 5.82 Å². The number of halogens is 1. The number of carbonyl (C=O) groups is 5. The molecule has 320 valence electrons. The quantitative estimate of drug-likeness (QED) is 0.0581. The number of piperidine rings is 2. The molecule has 4 N–H and O–H groups in total. The minimum absolute atomic E-state index is 0.00213. The lowest BCUT2D eigenvalue weighted by Crippen LogP contribution is -2.54. The van der Waals surface area contributed by atoms with Crippen molar-refractivity contribution in [1.29, 1.82) is 0 Å². The van der Waals surface area contributed by atoms with Crippen LogP contribution in [-0.2, 0) is 18.9 Å². The molecule has 18 heteroatoms. The van der Waals surface area contributed by atoms with E-state index >= 15 is 0 Å². The molecule has 4 heterocycles. The van der Waals surface area contributed by atoms with Gasteiger partial charge in [0.2, 0.25) is 23.7 Å². The highest BCUT2D eigenvalue weighted by Gasteiger charge is 2.46. The molecule has 1 aromatic heterocycles. The molecular formula is C43H48ClN8O8P. The van der Waals surface area contributed by atoms with Crippen molar-refractivity contribution >= 4 is 82.4 Å². The molecule has 3 aliphatic heterocycles. The van der Waals surface area contributed by atoms with Gasteiger partial charge >= 0.3 is 0 Å². The molecule has 3 aliphatic rings. The molecule has 2 saturated heterocycles. The minimum atomic E-state index is -2.57. The van der Waals surface area contributed by atoms with Crippen molar-refractivity contribution in [2.45, 2.75) is 63.5 Å². The molecule has 0 aliphatic carbocycles. The van der Waals surface area contributed by atoms with Crippen molar-refractivity contribution in [3.05, 3.63) is 83.0 Å². The second kappa shape index (κ2) is 18.7. The van der Waals surface area contributed by atoms with Gasteiger partial charge in [0, 0.05) is 49.0 Å². The maximum absolute atomic E-state index is 13.3. The van der Waals surface area contributed by atoms with Gasteiger partial charge in [0.05, 0.1) is 42.4 Å². The molecule has 0 spiro atoms. The number of methoxy groups -OCH3 is 1. The van der Waals surface area contributed by atoms with Crippen LogP contribution >= 0.6 is 18.7 Å². The topological polar surface area (TPSA) is 201 Å². The number of para-hydroxylation sites is 1. The summed E-state index contributed by atoms with van der Waals surface area (Å²) in [6, 6.07) is 17.0. The second-order valence-electron chi connectivity index (χ2n) is 15.5. The van der Waals surface area contributed by atoms with Crippen LogP contribution in [0.2, 0.25) is 5.02 Å². The number of aromatic nitrogens is 2. The third-order valence-electron chi connectivity index (χ3n) is 10.9. The lowest BCUT2D eigenvalue weighted by atomic mass is 10.0. The number of benzene rings is 3. The lowest BCUT2D eigenvalue weighted by Gasteiger charge is -2.34. The Kier molecular flexibility index (Phi) is 13.2. The Hall–Kier alpha value is -5.99. The average molecular weight is 871 g/mol. The summed E-state index contributed by atoms with van der Waals surface area (Å²) in [5.74, 6) is -0.765. The van der Waals surface area contributed by atoms with E-state index in [1.54, 1.807) is 32.6 Å². The smallest absolute Gasteiger partial charge is 0.266 e. The van der Waals surface area contributed by atoms with E-state index in [1.165, 1.54) is 12.3 Å². The van der Waals surface area contributed by atoms with E-state index in [0.29, 0.717) is 58.5 Å². The van der Waals surface area contributed by atoms with Crippen molar-refractivity contribution in [2.24, 2.45) is 0 Å². The standard InChI is InChI=1S/C43H48ClN8O8P/c1-59-34-24-27(15-16-30(34)48-43-45-25-29(44)39(50-43)47-31-11-6-7-13-35(31)61(2,3)58)51-21-19-26(20-22-51)46-36(53)14-5-4-8-23-60-33-12-9-10-28-38(33)42(57)52(41(28)56)32-17-18-37(54)49-40(32)55/h6-7,9-13,15-16,24-26,32H,4-5,8,14,17-23H2,1-3H3,(H,46,53)(H,49,54,55)(H2,45,47,48,50). The van der Waals surface area contributed by atoms with Gasteiger partial charge in [-0.3, -0.25) is 34.2 Å². The first kappa shape index (κ1) is 43.1. The molecule has 4 aromatic rings. The Bertz CT molecular complexity index is 2400. The molecule has 7 rings (SSSR count). The minimum Gasteiger partial charge on any atom is -0.494 e. The first-order chi connectivity index (χ1) is 29.3. The van der Waals surface area contributed by atoms with Gasteiger partial charge in [-0.05, 0) is 88.3 Å². The van der Waals surface area contributed by atoms with Crippen molar-refractivity contribution in [2.75, 3.05) is 55.7 Å². The summed E-state index contributed by atoms with van der Waals surface area (Å²) in [4.78, 5) is 75.3. The fourth-order valence-electron chi connectivity index (χ4n) is 7.72. The lowest BCUT2D eigenvalue weighted by molar-refractivity contribution is -0.136. The van der Waals surface area contributed by atoms with Crippen LogP contribution in [0, 0.1) is 0 Å². The SMILES string of the molecule is COc1cc(N2CCC(NC(=O)CCCCCOc3cccc4c3C(=O)N(C3CCC(=O)NC3=O)C4=O)CC2)ccc1Nc1ncc(Cl)c(Nc2ccccc2P(C)(C)=O)n1. The van der Waals surface area contributed by atoms with E-state index in [-0.39, 0.29) is 48.3 Å². The van der Waals surface area contributed by atoms with Crippen LogP contribution in [0.4, 0.5) is 28.8 Å². The number of nitrogens with zero attached hydrogens (tertiary/aromatic N) is 4. The van der Waals surface area contributed by atoms with Gasteiger partial charge in [-0.25, -0.2) is 4.98 Å². The van der Waals surface area contributed by atoms with Gasteiger partial charge in [0.1, 0.15) is 29.7 Å². The normalized spacial score (nSPS) is 16.9. The van der Waals surface area contributed by atoms with E-state index < -0.39 is 36.8 Å². The van der Waals surface area contributed by atoms with E-state index in [0.717, 1.165) is 42.9 Å². The zero-order valence-corrected chi connectivity index (χ0v) is 35.8. The summed E-state index contributed by atoms with van der Waals surface area (Å²) in [5.41, 5.74) is 2.59. The van der Waals surface area contributed by atoms with Crippen LogP contribution in [0.5, 0.6) is 11.5 Å². The first-order valence-electron chi connectivity index (χ1n) is 20.2. The van der Waals surface area contributed by atoms with Crippen LogP contribution in [0.15, 0.2) is 66.9 Å². The summed E-state index contributed by atoms with van der Waals surface area (Å²) < 4.78 is 24.5. The Morgan fingerprint density at radius 3 is 2.46 bits per heavy atom. The van der Waals surface area contributed by atoms with E-state index in [9.17, 15) is 28.5 Å². The zero-order chi connectivity index (χ0) is 43.3. The number of nitrogens with one attached hydrogen (secondary N) is 4. The fourth-order valence-corrected chi connectivity index (χ4v) is 9.02. The molecule has 2 fully saturated rings. The number of carbonyl (C=O) groups excluding carboxylic acids is 5. The third-order valence-corrected chi connectivity index (χ3v) is 12.7. The molecule has 0 saturated carbocycles. The van der Waals surface area contributed by atoms with Crippen molar-refractivity contribution in [3.63, 3.8) is 0 Å². The highest BCUT2D eigenvalue weighted by molar-refractivity contribution is 7.70.